The molecule has 0 radical (unpaired) electrons. The zero-order chi connectivity index (χ0) is 13.5. The zero-order valence-electron chi connectivity index (χ0n) is 10.1. The third-order valence-corrected chi connectivity index (χ3v) is 2.54. The maximum absolute atomic E-state index is 10.7. The van der Waals surface area contributed by atoms with Gasteiger partial charge in [0, 0.05) is 18.2 Å². The van der Waals surface area contributed by atoms with Crippen molar-refractivity contribution in [3.05, 3.63) is 45.5 Å². The number of hydrogen-bond donors (Lipinski definition) is 1. The van der Waals surface area contributed by atoms with Gasteiger partial charge in [-0.15, -0.1) is 0 Å². The molecule has 5 heteroatoms. The molecule has 5 nitrogen and oxygen atoms in total. The van der Waals surface area contributed by atoms with Crippen LogP contribution in [0.5, 0.6) is 0 Å². The molecule has 0 aliphatic carbocycles. The van der Waals surface area contributed by atoms with Gasteiger partial charge in [-0.3, -0.25) is 10.1 Å². The van der Waals surface area contributed by atoms with Crippen molar-refractivity contribution in [2.45, 2.75) is 26.2 Å². The Morgan fingerprint density at radius 1 is 1.50 bits per heavy atom. The van der Waals surface area contributed by atoms with Crippen LogP contribution in [0, 0.1) is 10.1 Å². The predicted molar refractivity (Wildman–Crippen MR) is 68.4 cm³/mol. The van der Waals surface area contributed by atoms with Crippen molar-refractivity contribution < 1.29 is 14.8 Å². The summed E-state index contributed by atoms with van der Waals surface area (Å²) in [6.07, 6.45) is 5.10. The highest BCUT2D eigenvalue weighted by Gasteiger charge is 2.09. The number of benzene rings is 1. The highest BCUT2D eigenvalue weighted by Crippen LogP contribution is 2.21. The molecule has 0 saturated carbocycles. The van der Waals surface area contributed by atoms with E-state index < -0.39 is 10.9 Å². The minimum atomic E-state index is -1.03. The van der Waals surface area contributed by atoms with Crippen LogP contribution in [0.25, 0.3) is 6.08 Å². The smallest absolute Gasteiger partial charge is 0.328 e. The monoisotopic (exact) mass is 249 g/mol. The van der Waals surface area contributed by atoms with Gasteiger partial charge in [0.15, 0.2) is 0 Å². The lowest BCUT2D eigenvalue weighted by Crippen LogP contribution is -1.95. The molecule has 0 aliphatic rings. The summed E-state index contributed by atoms with van der Waals surface area (Å²) in [5.41, 5.74) is 1.56. The van der Waals surface area contributed by atoms with Gasteiger partial charge in [0.1, 0.15) is 0 Å². The van der Waals surface area contributed by atoms with Gasteiger partial charge in [-0.25, -0.2) is 4.79 Å². The third-order valence-electron chi connectivity index (χ3n) is 2.54. The fraction of sp³-hybridized carbons (Fsp3) is 0.308. The largest absolute Gasteiger partial charge is 0.478 e. The lowest BCUT2D eigenvalue weighted by molar-refractivity contribution is -0.384. The summed E-state index contributed by atoms with van der Waals surface area (Å²) in [7, 11) is 0. The van der Waals surface area contributed by atoms with Crippen LogP contribution < -0.4 is 0 Å². The second kappa shape index (κ2) is 6.54. The predicted octanol–water partition coefficient (Wildman–Crippen LogP) is 3.04. The van der Waals surface area contributed by atoms with E-state index >= 15 is 0 Å². The minimum Gasteiger partial charge on any atom is -0.478 e. The SMILES string of the molecule is CCCCc1cc([N+](=O)[O-])ccc1/C=C/C(=O)O. The molecule has 1 rings (SSSR count). The number of aliphatic carboxylic acids is 1. The average molecular weight is 249 g/mol. The number of carboxylic acid groups (broad SMARTS) is 1. The molecule has 0 aromatic heterocycles. The normalized spacial score (nSPS) is 10.7. The molecular weight excluding hydrogens is 234 g/mol. The number of aryl methyl sites for hydroxylation is 1. The van der Waals surface area contributed by atoms with Gasteiger partial charge in [0.2, 0.25) is 0 Å². The van der Waals surface area contributed by atoms with E-state index in [0.29, 0.717) is 6.42 Å². The van der Waals surface area contributed by atoms with Crippen molar-refractivity contribution in [3.63, 3.8) is 0 Å². The topological polar surface area (TPSA) is 80.4 Å². The Morgan fingerprint density at radius 2 is 2.22 bits per heavy atom. The quantitative estimate of drug-likeness (QED) is 0.477. The van der Waals surface area contributed by atoms with E-state index in [4.69, 9.17) is 5.11 Å². The molecule has 0 heterocycles. The highest BCUT2D eigenvalue weighted by atomic mass is 16.6. The fourth-order valence-corrected chi connectivity index (χ4v) is 1.61. The van der Waals surface area contributed by atoms with Gasteiger partial charge in [0.05, 0.1) is 4.92 Å². The first kappa shape index (κ1) is 13.9. The first-order chi connectivity index (χ1) is 8.54. The van der Waals surface area contributed by atoms with Crippen LogP contribution in [-0.4, -0.2) is 16.0 Å². The molecule has 1 aromatic carbocycles. The third kappa shape index (κ3) is 4.01. The summed E-state index contributed by atoms with van der Waals surface area (Å²) < 4.78 is 0. The second-order valence-electron chi connectivity index (χ2n) is 3.92. The summed E-state index contributed by atoms with van der Waals surface area (Å²) in [5.74, 6) is -1.03. The number of non-ortho nitro benzene ring substituents is 1. The standard InChI is InChI=1S/C13H15NO4/c1-2-3-4-11-9-12(14(17)18)7-5-10(11)6-8-13(15)16/h5-9H,2-4H2,1H3,(H,15,16)/b8-6+. The Hall–Kier alpha value is -2.17. The van der Waals surface area contributed by atoms with E-state index in [1.54, 1.807) is 6.07 Å². The first-order valence-electron chi connectivity index (χ1n) is 5.73. The molecule has 0 aliphatic heterocycles. The average Bonchev–Trinajstić information content (AvgIpc) is 2.33. The van der Waals surface area contributed by atoms with Crippen LogP contribution in [0.3, 0.4) is 0 Å². The molecule has 0 fully saturated rings. The van der Waals surface area contributed by atoms with Crippen molar-refractivity contribution in [2.24, 2.45) is 0 Å². The Labute approximate surface area is 105 Å². The van der Waals surface area contributed by atoms with Crippen LogP contribution in [0.1, 0.15) is 30.9 Å². The van der Waals surface area contributed by atoms with Crippen molar-refractivity contribution in [1.82, 2.24) is 0 Å². The second-order valence-corrected chi connectivity index (χ2v) is 3.92. The molecule has 18 heavy (non-hydrogen) atoms. The van der Waals surface area contributed by atoms with Crippen LogP contribution in [-0.2, 0) is 11.2 Å². The molecule has 1 N–H and O–H groups in total. The van der Waals surface area contributed by atoms with Gasteiger partial charge in [-0.2, -0.15) is 0 Å². The van der Waals surface area contributed by atoms with E-state index in [9.17, 15) is 14.9 Å². The van der Waals surface area contributed by atoms with Crippen molar-refractivity contribution >= 4 is 17.7 Å². The number of carboxylic acids is 1. The number of nitro groups is 1. The zero-order valence-corrected chi connectivity index (χ0v) is 10.1. The number of unbranched alkanes of at least 4 members (excludes halogenated alkanes) is 1. The Bertz CT molecular complexity index is 480. The van der Waals surface area contributed by atoms with Crippen LogP contribution >= 0.6 is 0 Å². The number of nitro benzene ring substituents is 1. The highest BCUT2D eigenvalue weighted by molar-refractivity contribution is 5.85. The molecule has 0 spiro atoms. The van der Waals surface area contributed by atoms with Crippen molar-refractivity contribution in [1.29, 1.82) is 0 Å². The van der Waals surface area contributed by atoms with Crippen LogP contribution in [0.4, 0.5) is 5.69 Å². The van der Waals surface area contributed by atoms with Gasteiger partial charge in [-0.1, -0.05) is 13.3 Å². The first-order valence-corrected chi connectivity index (χ1v) is 5.73. The van der Waals surface area contributed by atoms with E-state index in [2.05, 4.69) is 0 Å². The summed E-state index contributed by atoms with van der Waals surface area (Å²) >= 11 is 0. The molecule has 0 amide bonds. The van der Waals surface area contributed by atoms with Crippen LogP contribution in [0.15, 0.2) is 24.3 Å². The number of carbonyl (C=O) groups is 1. The van der Waals surface area contributed by atoms with E-state index in [-0.39, 0.29) is 5.69 Å². The molecule has 1 aromatic rings. The van der Waals surface area contributed by atoms with Gasteiger partial charge < -0.3 is 5.11 Å². The maximum Gasteiger partial charge on any atom is 0.328 e. The summed E-state index contributed by atoms with van der Waals surface area (Å²) in [4.78, 5) is 20.7. The van der Waals surface area contributed by atoms with E-state index in [1.165, 1.54) is 18.2 Å². The summed E-state index contributed by atoms with van der Waals surface area (Å²) in [6, 6.07) is 4.48. The van der Waals surface area contributed by atoms with Crippen molar-refractivity contribution in [3.8, 4) is 0 Å². The summed E-state index contributed by atoms with van der Waals surface area (Å²) in [6.45, 7) is 2.03. The lowest BCUT2D eigenvalue weighted by atomic mass is 10.0. The maximum atomic E-state index is 10.7. The molecule has 0 bridgehead atoms. The Kier molecular flexibility index (Phi) is 5.05. The lowest BCUT2D eigenvalue weighted by Gasteiger charge is -2.05. The Morgan fingerprint density at radius 3 is 2.78 bits per heavy atom. The van der Waals surface area contributed by atoms with E-state index in [0.717, 1.165) is 30.0 Å². The number of rotatable bonds is 6. The minimum absolute atomic E-state index is 0.0357. The molecule has 0 unspecified atom stereocenters. The van der Waals surface area contributed by atoms with Crippen molar-refractivity contribution in [2.75, 3.05) is 0 Å². The van der Waals surface area contributed by atoms with E-state index in [1.807, 2.05) is 6.92 Å². The molecule has 0 saturated heterocycles. The van der Waals surface area contributed by atoms with Gasteiger partial charge in [-0.05, 0) is 36.1 Å². The molecule has 96 valence electrons. The Balaban J connectivity index is 3.07. The number of hydrogen-bond acceptors (Lipinski definition) is 3. The van der Waals surface area contributed by atoms with Gasteiger partial charge >= 0.3 is 5.97 Å². The van der Waals surface area contributed by atoms with Crippen LogP contribution in [0.2, 0.25) is 0 Å². The summed E-state index contributed by atoms with van der Waals surface area (Å²) in [5, 5.41) is 19.3. The number of nitrogens with zero attached hydrogens (tertiary/aromatic N) is 1. The molecular formula is C13H15NO4. The molecule has 0 atom stereocenters. The van der Waals surface area contributed by atoms with Gasteiger partial charge in [0.25, 0.3) is 5.69 Å². The fourth-order valence-electron chi connectivity index (χ4n) is 1.61.